The topological polar surface area (TPSA) is 24.9 Å². The van der Waals surface area contributed by atoms with Gasteiger partial charge in [0.15, 0.2) is 5.13 Å². The fraction of sp³-hybridized carbons (Fsp3) is 0.500. The Morgan fingerprint density at radius 3 is 2.83 bits per heavy atom. The van der Waals surface area contributed by atoms with Crippen LogP contribution in [0.1, 0.15) is 37.7 Å². The number of benzene rings is 1. The fourth-order valence-electron chi connectivity index (χ4n) is 2.64. The summed E-state index contributed by atoms with van der Waals surface area (Å²) in [5, 5.41) is 4.69. The Labute approximate surface area is 120 Å². The Bertz CT molecular complexity index is 558. The standard InChI is InChI=1S/C14H17BrN2S/c1-9-7-10(15)8-12-13(9)17-14(18-12)16-11-5-3-2-4-6-11/h7-8,11H,2-6H2,1H3,(H,16,17). The minimum Gasteiger partial charge on any atom is -0.359 e. The lowest BCUT2D eigenvalue weighted by Gasteiger charge is -2.22. The van der Waals surface area contributed by atoms with E-state index in [2.05, 4.69) is 40.3 Å². The largest absolute Gasteiger partial charge is 0.359 e. The van der Waals surface area contributed by atoms with Crippen molar-refractivity contribution in [3.63, 3.8) is 0 Å². The summed E-state index contributed by atoms with van der Waals surface area (Å²) in [7, 11) is 0. The number of hydrogen-bond donors (Lipinski definition) is 1. The number of aryl methyl sites for hydroxylation is 1. The van der Waals surface area contributed by atoms with E-state index < -0.39 is 0 Å². The molecule has 18 heavy (non-hydrogen) atoms. The first-order chi connectivity index (χ1) is 8.72. The van der Waals surface area contributed by atoms with Gasteiger partial charge in [-0.05, 0) is 37.5 Å². The summed E-state index contributed by atoms with van der Waals surface area (Å²) in [6.07, 6.45) is 6.68. The van der Waals surface area contributed by atoms with Crippen LogP contribution in [0.2, 0.25) is 0 Å². The second-order valence-electron chi connectivity index (χ2n) is 5.07. The monoisotopic (exact) mass is 324 g/mol. The number of anilines is 1. The third-order valence-electron chi connectivity index (χ3n) is 3.58. The normalized spacial score (nSPS) is 17.2. The van der Waals surface area contributed by atoms with Gasteiger partial charge in [0.05, 0.1) is 10.2 Å². The van der Waals surface area contributed by atoms with Gasteiger partial charge in [-0.1, -0.05) is 46.5 Å². The molecule has 1 N–H and O–H groups in total. The maximum absolute atomic E-state index is 4.73. The molecule has 1 saturated carbocycles. The van der Waals surface area contributed by atoms with E-state index in [-0.39, 0.29) is 0 Å². The summed E-state index contributed by atoms with van der Waals surface area (Å²) in [6.45, 7) is 2.12. The molecule has 1 aromatic heterocycles. The summed E-state index contributed by atoms with van der Waals surface area (Å²) in [5.74, 6) is 0. The average Bonchev–Trinajstić information content (AvgIpc) is 2.73. The van der Waals surface area contributed by atoms with Crippen LogP contribution in [0.25, 0.3) is 10.2 Å². The molecule has 0 saturated heterocycles. The lowest BCUT2D eigenvalue weighted by molar-refractivity contribution is 0.462. The van der Waals surface area contributed by atoms with E-state index in [1.807, 2.05) is 0 Å². The summed E-state index contributed by atoms with van der Waals surface area (Å²) in [5.41, 5.74) is 2.38. The Hall–Kier alpha value is -0.610. The predicted molar refractivity (Wildman–Crippen MR) is 82.6 cm³/mol. The van der Waals surface area contributed by atoms with Crippen LogP contribution in [0, 0.1) is 6.92 Å². The van der Waals surface area contributed by atoms with Crippen LogP contribution in [-0.4, -0.2) is 11.0 Å². The first-order valence-electron chi connectivity index (χ1n) is 6.55. The molecule has 96 valence electrons. The van der Waals surface area contributed by atoms with Crippen molar-refractivity contribution in [2.24, 2.45) is 0 Å². The van der Waals surface area contributed by atoms with E-state index in [9.17, 15) is 0 Å². The number of fused-ring (bicyclic) bond motifs is 1. The van der Waals surface area contributed by atoms with Crippen molar-refractivity contribution in [3.8, 4) is 0 Å². The van der Waals surface area contributed by atoms with Gasteiger partial charge in [0.25, 0.3) is 0 Å². The number of aromatic nitrogens is 1. The van der Waals surface area contributed by atoms with Crippen molar-refractivity contribution in [2.75, 3.05) is 5.32 Å². The van der Waals surface area contributed by atoms with E-state index in [4.69, 9.17) is 4.98 Å². The molecule has 0 radical (unpaired) electrons. The quantitative estimate of drug-likeness (QED) is 0.830. The Morgan fingerprint density at radius 2 is 2.06 bits per heavy atom. The van der Waals surface area contributed by atoms with Gasteiger partial charge in [-0.2, -0.15) is 0 Å². The molecule has 2 aromatic rings. The van der Waals surface area contributed by atoms with E-state index in [0.717, 1.165) is 15.1 Å². The first-order valence-corrected chi connectivity index (χ1v) is 8.16. The number of hydrogen-bond acceptors (Lipinski definition) is 3. The molecule has 0 aliphatic heterocycles. The molecule has 1 heterocycles. The highest BCUT2D eigenvalue weighted by molar-refractivity contribution is 9.10. The third kappa shape index (κ3) is 2.54. The summed E-state index contributed by atoms with van der Waals surface area (Å²) in [4.78, 5) is 4.73. The predicted octanol–water partition coefficient (Wildman–Crippen LogP) is 5.11. The van der Waals surface area contributed by atoms with Gasteiger partial charge in [-0.3, -0.25) is 0 Å². The highest BCUT2D eigenvalue weighted by atomic mass is 79.9. The molecule has 0 amide bonds. The van der Waals surface area contributed by atoms with Gasteiger partial charge in [0.2, 0.25) is 0 Å². The zero-order valence-corrected chi connectivity index (χ0v) is 12.9. The maximum atomic E-state index is 4.73. The molecular formula is C14H17BrN2S. The number of rotatable bonds is 2. The number of nitrogens with zero attached hydrogens (tertiary/aromatic N) is 1. The minimum atomic E-state index is 0.628. The average molecular weight is 325 g/mol. The summed E-state index contributed by atoms with van der Waals surface area (Å²) < 4.78 is 2.40. The highest BCUT2D eigenvalue weighted by Gasteiger charge is 2.15. The van der Waals surface area contributed by atoms with Crippen LogP contribution in [0.15, 0.2) is 16.6 Å². The van der Waals surface area contributed by atoms with Crippen LogP contribution in [-0.2, 0) is 0 Å². The lowest BCUT2D eigenvalue weighted by Crippen LogP contribution is -2.21. The number of thiazole rings is 1. The Balaban J connectivity index is 1.86. The maximum Gasteiger partial charge on any atom is 0.184 e. The molecular weight excluding hydrogens is 308 g/mol. The van der Waals surface area contributed by atoms with Crippen molar-refractivity contribution in [3.05, 3.63) is 22.2 Å². The van der Waals surface area contributed by atoms with E-state index in [1.165, 1.54) is 42.4 Å². The number of nitrogens with one attached hydrogen (secondary N) is 1. The van der Waals surface area contributed by atoms with Gasteiger partial charge in [0.1, 0.15) is 0 Å². The van der Waals surface area contributed by atoms with Gasteiger partial charge in [-0.15, -0.1) is 0 Å². The molecule has 3 rings (SSSR count). The lowest BCUT2D eigenvalue weighted by atomic mass is 9.96. The van der Waals surface area contributed by atoms with Crippen molar-refractivity contribution in [1.82, 2.24) is 4.98 Å². The molecule has 1 aliphatic rings. The molecule has 1 aliphatic carbocycles. The van der Waals surface area contributed by atoms with Crippen LogP contribution >= 0.6 is 27.3 Å². The SMILES string of the molecule is Cc1cc(Br)cc2sc(NC3CCCCC3)nc12. The third-order valence-corrected chi connectivity index (χ3v) is 4.97. The number of halogens is 1. The minimum absolute atomic E-state index is 0.628. The van der Waals surface area contributed by atoms with Gasteiger partial charge in [-0.25, -0.2) is 4.98 Å². The van der Waals surface area contributed by atoms with Crippen LogP contribution < -0.4 is 5.32 Å². The Kier molecular flexibility index (Phi) is 3.57. The van der Waals surface area contributed by atoms with E-state index in [1.54, 1.807) is 11.3 Å². The van der Waals surface area contributed by atoms with Gasteiger partial charge in [0, 0.05) is 10.5 Å². The molecule has 0 atom stereocenters. The zero-order valence-electron chi connectivity index (χ0n) is 10.5. The van der Waals surface area contributed by atoms with Crippen molar-refractivity contribution >= 4 is 42.6 Å². The molecule has 0 bridgehead atoms. The van der Waals surface area contributed by atoms with Crippen molar-refractivity contribution in [1.29, 1.82) is 0 Å². The van der Waals surface area contributed by atoms with Gasteiger partial charge >= 0.3 is 0 Å². The zero-order chi connectivity index (χ0) is 12.5. The Morgan fingerprint density at radius 1 is 1.28 bits per heavy atom. The molecule has 4 heteroatoms. The fourth-order valence-corrected chi connectivity index (χ4v) is 4.42. The second kappa shape index (κ2) is 5.17. The molecule has 2 nitrogen and oxygen atoms in total. The molecule has 0 unspecified atom stereocenters. The summed E-state index contributed by atoms with van der Waals surface area (Å²) in [6, 6.07) is 4.92. The second-order valence-corrected chi connectivity index (χ2v) is 7.01. The van der Waals surface area contributed by atoms with E-state index >= 15 is 0 Å². The summed E-state index contributed by atoms with van der Waals surface area (Å²) >= 11 is 5.32. The molecule has 1 aromatic carbocycles. The van der Waals surface area contributed by atoms with Crippen LogP contribution in [0.5, 0.6) is 0 Å². The first kappa shape index (κ1) is 12.4. The van der Waals surface area contributed by atoms with Crippen molar-refractivity contribution in [2.45, 2.75) is 45.1 Å². The smallest absolute Gasteiger partial charge is 0.184 e. The molecule has 0 spiro atoms. The van der Waals surface area contributed by atoms with E-state index in [0.29, 0.717) is 6.04 Å². The van der Waals surface area contributed by atoms with Crippen LogP contribution in [0.4, 0.5) is 5.13 Å². The van der Waals surface area contributed by atoms with Gasteiger partial charge < -0.3 is 5.32 Å². The van der Waals surface area contributed by atoms with Crippen molar-refractivity contribution < 1.29 is 0 Å². The van der Waals surface area contributed by atoms with Crippen LogP contribution in [0.3, 0.4) is 0 Å². The highest BCUT2D eigenvalue weighted by Crippen LogP contribution is 2.32. The molecule has 1 fully saturated rings.